The van der Waals surface area contributed by atoms with Crippen LogP contribution in [0.1, 0.15) is 46.6 Å². The van der Waals surface area contributed by atoms with Crippen LogP contribution in [-0.2, 0) is 6.54 Å². The van der Waals surface area contributed by atoms with Crippen molar-refractivity contribution in [1.82, 2.24) is 15.0 Å². The smallest absolute Gasteiger partial charge is 0.279 e. The highest BCUT2D eigenvalue weighted by Crippen LogP contribution is 2.20. The van der Waals surface area contributed by atoms with E-state index in [1.54, 1.807) is 6.20 Å². The lowest BCUT2D eigenvalue weighted by Gasteiger charge is -2.26. The first-order valence-electron chi connectivity index (χ1n) is 8.05. The third-order valence-electron chi connectivity index (χ3n) is 4.27. The molecule has 23 heavy (non-hydrogen) atoms. The molecule has 0 aromatic carbocycles. The van der Waals surface area contributed by atoms with Gasteiger partial charge >= 0.3 is 0 Å². The van der Waals surface area contributed by atoms with Gasteiger partial charge in [0.15, 0.2) is 5.69 Å². The minimum atomic E-state index is -0.268. The number of carbonyl (C=O) groups excluding carboxylic acids is 1. The van der Waals surface area contributed by atoms with Crippen LogP contribution in [0.2, 0.25) is 0 Å². The molecule has 1 amide bonds. The molecule has 0 atom stereocenters. The van der Waals surface area contributed by atoms with Gasteiger partial charge in [-0.2, -0.15) is 0 Å². The molecule has 6 nitrogen and oxygen atoms in total. The number of rotatable bonds is 4. The minimum Gasteiger partial charge on any atom is -0.361 e. The van der Waals surface area contributed by atoms with Crippen LogP contribution in [0.3, 0.4) is 0 Å². The Kier molecular flexibility index (Phi) is 4.71. The maximum atomic E-state index is 12.6. The Hall–Kier alpha value is -2.21. The standard InChI is InChI=1S/C17H22N4O2/c1-12-7-6-8-18-16(12)19-17(22)15-14(13(2)23-20-15)11-21-9-4-3-5-10-21/h6-8H,3-5,9-11H2,1-2H3,(H,18,19,22). The molecule has 0 unspecified atom stereocenters. The van der Waals surface area contributed by atoms with Crippen molar-refractivity contribution in [2.24, 2.45) is 0 Å². The van der Waals surface area contributed by atoms with Gasteiger partial charge in [0.1, 0.15) is 11.6 Å². The summed E-state index contributed by atoms with van der Waals surface area (Å²) in [5, 5.41) is 6.79. The van der Waals surface area contributed by atoms with Gasteiger partial charge in [0.05, 0.1) is 0 Å². The first-order chi connectivity index (χ1) is 11.1. The summed E-state index contributed by atoms with van der Waals surface area (Å²) < 4.78 is 5.27. The normalized spacial score (nSPS) is 15.6. The molecule has 3 heterocycles. The topological polar surface area (TPSA) is 71.3 Å². The van der Waals surface area contributed by atoms with Gasteiger partial charge in [-0.1, -0.05) is 17.6 Å². The van der Waals surface area contributed by atoms with Crippen molar-refractivity contribution in [3.05, 3.63) is 40.9 Å². The number of hydrogen-bond acceptors (Lipinski definition) is 5. The van der Waals surface area contributed by atoms with E-state index in [9.17, 15) is 4.79 Å². The molecule has 3 rings (SSSR count). The van der Waals surface area contributed by atoms with Crippen LogP contribution < -0.4 is 5.32 Å². The summed E-state index contributed by atoms with van der Waals surface area (Å²) in [7, 11) is 0. The van der Waals surface area contributed by atoms with E-state index in [0.29, 0.717) is 23.8 Å². The molecular weight excluding hydrogens is 292 g/mol. The van der Waals surface area contributed by atoms with E-state index in [0.717, 1.165) is 24.2 Å². The zero-order valence-electron chi connectivity index (χ0n) is 13.6. The maximum absolute atomic E-state index is 12.6. The number of carbonyl (C=O) groups is 1. The number of piperidine rings is 1. The molecule has 0 saturated carbocycles. The summed E-state index contributed by atoms with van der Waals surface area (Å²) in [6, 6.07) is 3.75. The average molecular weight is 314 g/mol. The largest absolute Gasteiger partial charge is 0.361 e. The van der Waals surface area contributed by atoms with E-state index in [-0.39, 0.29) is 5.91 Å². The Balaban J connectivity index is 1.77. The molecule has 1 fully saturated rings. The van der Waals surface area contributed by atoms with E-state index in [4.69, 9.17) is 4.52 Å². The van der Waals surface area contributed by atoms with Crippen LogP contribution in [0, 0.1) is 13.8 Å². The molecule has 2 aromatic rings. The Morgan fingerprint density at radius 1 is 1.30 bits per heavy atom. The SMILES string of the molecule is Cc1cccnc1NC(=O)c1noc(C)c1CN1CCCCC1. The quantitative estimate of drug-likeness (QED) is 0.939. The fraction of sp³-hybridized carbons (Fsp3) is 0.471. The van der Waals surface area contributed by atoms with Crippen molar-refractivity contribution < 1.29 is 9.32 Å². The van der Waals surface area contributed by atoms with Gasteiger partial charge in [-0.3, -0.25) is 9.69 Å². The van der Waals surface area contributed by atoms with Crippen molar-refractivity contribution >= 4 is 11.7 Å². The summed E-state index contributed by atoms with van der Waals surface area (Å²) in [4.78, 5) is 19.1. The third-order valence-corrected chi connectivity index (χ3v) is 4.27. The van der Waals surface area contributed by atoms with Crippen LogP contribution >= 0.6 is 0 Å². The van der Waals surface area contributed by atoms with Crippen LogP contribution in [0.25, 0.3) is 0 Å². The van der Waals surface area contributed by atoms with Crippen LogP contribution in [0.4, 0.5) is 5.82 Å². The number of amides is 1. The number of pyridine rings is 1. The highest BCUT2D eigenvalue weighted by atomic mass is 16.5. The van der Waals surface area contributed by atoms with E-state index in [2.05, 4.69) is 20.4 Å². The zero-order valence-corrected chi connectivity index (χ0v) is 13.6. The van der Waals surface area contributed by atoms with Crippen LogP contribution in [-0.4, -0.2) is 34.0 Å². The number of nitrogens with one attached hydrogen (secondary N) is 1. The molecule has 122 valence electrons. The van der Waals surface area contributed by atoms with Gasteiger partial charge < -0.3 is 9.84 Å². The molecule has 0 bridgehead atoms. The Labute approximate surface area is 135 Å². The molecule has 0 aliphatic carbocycles. The Morgan fingerprint density at radius 3 is 2.83 bits per heavy atom. The van der Waals surface area contributed by atoms with Crippen LogP contribution in [0.15, 0.2) is 22.9 Å². The molecule has 6 heteroatoms. The maximum Gasteiger partial charge on any atom is 0.279 e. The summed E-state index contributed by atoms with van der Waals surface area (Å²) in [6.07, 6.45) is 5.36. The summed E-state index contributed by atoms with van der Waals surface area (Å²) in [6.45, 7) is 6.59. The molecule has 1 aliphatic rings. The second-order valence-corrected chi connectivity index (χ2v) is 6.03. The molecule has 0 spiro atoms. The van der Waals surface area contributed by atoms with Crippen molar-refractivity contribution in [2.45, 2.75) is 39.7 Å². The van der Waals surface area contributed by atoms with Crippen molar-refractivity contribution in [2.75, 3.05) is 18.4 Å². The minimum absolute atomic E-state index is 0.268. The Morgan fingerprint density at radius 2 is 2.09 bits per heavy atom. The van der Waals surface area contributed by atoms with E-state index in [1.165, 1.54) is 19.3 Å². The highest BCUT2D eigenvalue weighted by molar-refractivity contribution is 6.03. The molecule has 1 aliphatic heterocycles. The number of anilines is 1. The van der Waals surface area contributed by atoms with E-state index >= 15 is 0 Å². The fourth-order valence-corrected chi connectivity index (χ4v) is 2.88. The number of aryl methyl sites for hydroxylation is 2. The third kappa shape index (κ3) is 3.59. The van der Waals surface area contributed by atoms with Gasteiger partial charge in [-0.05, 0) is 51.4 Å². The first kappa shape index (κ1) is 15.7. The lowest BCUT2D eigenvalue weighted by atomic mass is 10.1. The number of likely N-dealkylation sites (tertiary alicyclic amines) is 1. The second kappa shape index (κ2) is 6.91. The van der Waals surface area contributed by atoms with Crippen molar-refractivity contribution in [3.8, 4) is 0 Å². The first-order valence-corrected chi connectivity index (χ1v) is 8.05. The molecule has 1 N–H and O–H groups in total. The summed E-state index contributed by atoms with van der Waals surface area (Å²) in [5.41, 5.74) is 2.15. The number of hydrogen-bond donors (Lipinski definition) is 1. The number of aromatic nitrogens is 2. The van der Waals surface area contributed by atoms with E-state index in [1.807, 2.05) is 26.0 Å². The highest BCUT2D eigenvalue weighted by Gasteiger charge is 2.23. The fourth-order valence-electron chi connectivity index (χ4n) is 2.88. The summed E-state index contributed by atoms with van der Waals surface area (Å²) >= 11 is 0. The zero-order chi connectivity index (χ0) is 16.2. The lowest BCUT2D eigenvalue weighted by Crippen LogP contribution is -2.30. The molecule has 0 radical (unpaired) electrons. The van der Waals surface area contributed by atoms with Gasteiger partial charge in [-0.25, -0.2) is 4.98 Å². The predicted molar refractivity (Wildman–Crippen MR) is 87.3 cm³/mol. The van der Waals surface area contributed by atoms with Crippen LogP contribution in [0.5, 0.6) is 0 Å². The Bertz CT molecular complexity index is 690. The average Bonchev–Trinajstić information content (AvgIpc) is 2.92. The summed E-state index contributed by atoms with van der Waals surface area (Å²) in [5.74, 6) is 0.996. The molecule has 1 saturated heterocycles. The molecular formula is C17H22N4O2. The van der Waals surface area contributed by atoms with Gasteiger partial charge in [0, 0.05) is 18.3 Å². The lowest BCUT2D eigenvalue weighted by molar-refractivity contribution is 0.101. The number of nitrogens with zero attached hydrogens (tertiary/aromatic N) is 3. The van der Waals surface area contributed by atoms with Crippen molar-refractivity contribution in [1.29, 1.82) is 0 Å². The second-order valence-electron chi connectivity index (χ2n) is 6.03. The van der Waals surface area contributed by atoms with Crippen molar-refractivity contribution in [3.63, 3.8) is 0 Å². The van der Waals surface area contributed by atoms with Gasteiger partial charge in [0.25, 0.3) is 5.91 Å². The van der Waals surface area contributed by atoms with E-state index < -0.39 is 0 Å². The predicted octanol–water partition coefficient (Wildman–Crippen LogP) is 2.92. The monoisotopic (exact) mass is 314 g/mol. The molecule has 2 aromatic heterocycles. The van der Waals surface area contributed by atoms with Gasteiger partial charge in [-0.15, -0.1) is 0 Å². The van der Waals surface area contributed by atoms with Gasteiger partial charge in [0.2, 0.25) is 0 Å².